The highest BCUT2D eigenvalue weighted by Crippen LogP contribution is 2.33. The summed E-state index contributed by atoms with van der Waals surface area (Å²) in [6.45, 7) is 0. The third-order valence-corrected chi connectivity index (χ3v) is 3.72. The molecule has 0 saturated heterocycles. The SMILES string of the molecule is COc1ccc(-c2nnc(Sc3ncccc3[N+](=O)[O-])o2)cc1. The van der Waals surface area contributed by atoms with Crippen LogP contribution in [0.1, 0.15) is 0 Å². The van der Waals surface area contributed by atoms with Crippen LogP contribution in [0.4, 0.5) is 5.69 Å². The number of ether oxygens (including phenoxy) is 1. The monoisotopic (exact) mass is 330 g/mol. The van der Waals surface area contributed by atoms with Crippen molar-refractivity contribution >= 4 is 17.4 Å². The topological polar surface area (TPSA) is 104 Å². The Morgan fingerprint density at radius 3 is 2.70 bits per heavy atom. The van der Waals surface area contributed by atoms with E-state index in [0.29, 0.717) is 11.6 Å². The van der Waals surface area contributed by atoms with E-state index in [9.17, 15) is 10.1 Å². The summed E-state index contributed by atoms with van der Waals surface area (Å²) in [6, 6.07) is 9.98. The first-order valence-corrected chi connectivity index (χ1v) is 7.24. The van der Waals surface area contributed by atoms with Gasteiger partial charge < -0.3 is 9.15 Å². The second kappa shape index (κ2) is 6.44. The number of aromatic nitrogens is 3. The molecule has 0 aliphatic carbocycles. The molecule has 0 radical (unpaired) electrons. The fraction of sp³-hybridized carbons (Fsp3) is 0.0714. The molecular formula is C14H10N4O4S. The van der Waals surface area contributed by atoms with E-state index < -0.39 is 4.92 Å². The Morgan fingerprint density at radius 1 is 1.22 bits per heavy atom. The minimum atomic E-state index is -0.504. The third-order valence-electron chi connectivity index (χ3n) is 2.88. The molecule has 0 N–H and O–H groups in total. The molecule has 23 heavy (non-hydrogen) atoms. The van der Waals surface area contributed by atoms with Gasteiger partial charge in [0.05, 0.1) is 12.0 Å². The van der Waals surface area contributed by atoms with Gasteiger partial charge in [0.15, 0.2) is 5.03 Å². The van der Waals surface area contributed by atoms with E-state index in [2.05, 4.69) is 15.2 Å². The van der Waals surface area contributed by atoms with Gasteiger partial charge >= 0.3 is 5.69 Å². The molecule has 116 valence electrons. The maximum Gasteiger partial charge on any atom is 0.301 e. The Kier molecular flexibility index (Phi) is 4.20. The smallest absolute Gasteiger partial charge is 0.301 e. The molecule has 9 heteroatoms. The number of pyridine rings is 1. The summed E-state index contributed by atoms with van der Waals surface area (Å²) in [7, 11) is 1.58. The molecule has 2 heterocycles. The summed E-state index contributed by atoms with van der Waals surface area (Å²) in [5.41, 5.74) is 0.613. The van der Waals surface area contributed by atoms with Gasteiger partial charge in [0, 0.05) is 17.8 Å². The van der Waals surface area contributed by atoms with Gasteiger partial charge in [-0.2, -0.15) is 0 Å². The van der Waals surface area contributed by atoms with Crippen molar-refractivity contribution in [3.05, 3.63) is 52.7 Å². The molecule has 0 atom stereocenters. The standard InChI is InChI=1S/C14H10N4O4S/c1-21-10-6-4-9(5-7-10)12-16-17-14(22-12)23-13-11(18(19)20)3-2-8-15-13/h2-8H,1H3. The summed E-state index contributed by atoms with van der Waals surface area (Å²) >= 11 is 0.948. The van der Waals surface area contributed by atoms with Crippen molar-refractivity contribution in [2.45, 2.75) is 10.2 Å². The lowest BCUT2D eigenvalue weighted by molar-refractivity contribution is -0.388. The lowest BCUT2D eigenvalue weighted by Gasteiger charge is -1.99. The average Bonchev–Trinajstić information content (AvgIpc) is 3.04. The Morgan fingerprint density at radius 2 is 2.00 bits per heavy atom. The number of nitrogens with zero attached hydrogens (tertiary/aromatic N) is 4. The second-order valence-electron chi connectivity index (χ2n) is 4.29. The van der Waals surface area contributed by atoms with Crippen molar-refractivity contribution in [1.29, 1.82) is 0 Å². The van der Waals surface area contributed by atoms with Gasteiger partial charge in [0.2, 0.25) is 5.89 Å². The Bertz CT molecular complexity index is 835. The number of hydrogen-bond donors (Lipinski definition) is 0. The molecular weight excluding hydrogens is 320 g/mol. The van der Waals surface area contributed by atoms with E-state index in [1.54, 1.807) is 31.4 Å². The fourth-order valence-corrected chi connectivity index (χ4v) is 2.51. The van der Waals surface area contributed by atoms with E-state index in [4.69, 9.17) is 9.15 Å². The minimum Gasteiger partial charge on any atom is -0.497 e. The molecule has 1 aromatic carbocycles. The molecule has 0 bridgehead atoms. The molecule has 3 aromatic rings. The van der Waals surface area contributed by atoms with Crippen LogP contribution in [0.25, 0.3) is 11.5 Å². The van der Waals surface area contributed by atoms with Crippen LogP contribution in [0.15, 0.2) is 57.3 Å². The quantitative estimate of drug-likeness (QED) is 0.519. The first kappa shape index (κ1) is 15.0. The molecule has 0 fully saturated rings. The fourth-order valence-electron chi connectivity index (χ4n) is 1.78. The predicted molar refractivity (Wildman–Crippen MR) is 81.3 cm³/mol. The zero-order chi connectivity index (χ0) is 16.2. The van der Waals surface area contributed by atoms with Crippen molar-refractivity contribution in [2.24, 2.45) is 0 Å². The molecule has 0 unspecified atom stereocenters. The normalized spacial score (nSPS) is 10.5. The van der Waals surface area contributed by atoms with Gasteiger partial charge in [0.25, 0.3) is 5.22 Å². The highest BCUT2D eigenvalue weighted by Gasteiger charge is 2.19. The highest BCUT2D eigenvalue weighted by atomic mass is 32.2. The van der Waals surface area contributed by atoms with Gasteiger partial charge in [-0.05, 0) is 42.1 Å². The van der Waals surface area contributed by atoms with Crippen molar-refractivity contribution in [2.75, 3.05) is 7.11 Å². The van der Waals surface area contributed by atoms with Crippen molar-refractivity contribution in [3.63, 3.8) is 0 Å². The summed E-state index contributed by atoms with van der Waals surface area (Å²) in [4.78, 5) is 14.4. The van der Waals surface area contributed by atoms with E-state index in [1.165, 1.54) is 18.3 Å². The molecule has 0 spiro atoms. The van der Waals surface area contributed by atoms with Crippen LogP contribution < -0.4 is 4.74 Å². The summed E-state index contributed by atoms with van der Waals surface area (Å²) in [5.74, 6) is 1.03. The lowest BCUT2D eigenvalue weighted by Crippen LogP contribution is -1.92. The highest BCUT2D eigenvalue weighted by molar-refractivity contribution is 7.99. The first-order valence-electron chi connectivity index (χ1n) is 6.42. The first-order chi connectivity index (χ1) is 11.2. The maximum atomic E-state index is 11.0. The van der Waals surface area contributed by atoms with Crippen LogP contribution in [0.2, 0.25) is 0 Å². The molecule has 8 nitrogen and oxygen atoms in total. The summed E-state index contributed by atoms with van der Waals surface area (Å²) in [6.07, 6.45) is 1.47. The van der Waals surface area contributed by atoms with Crippen molar-refractivity contribution in [3.8, 4) is 17.2 Å². The van der Waals surface area contributed by atoms with E-state index in [0.717, 1.165) is 17.3 Å². The Hall–Kier alpha value is -2.94. The van der Waals surface area contributed by atoms with Crippen molar-refractivity contribution < 1.29 is 14.1 Å². The third kappa shape index (κ3) is 3.29. The van der Waals surface area contributed by atoms with Gasteiger partial charge in [0.1, 0.15) is 5.75 Å². The number of hydrogen-bond acceptors (Lipinski definition) is 8. The number of rotatable bonds is 5. The van der Waals surface area contributed by atoms with E-state index in [1.807, 2.05) is 0 Å². The zero-order valence-electron chi connectivity index (χ0n) is 11.9. The van der Waals surface area contributed by atoms with Gasteiger partial charge in [-0.15, -0.1) is 10.2 Å². The summed E-state index contributed by atoms with van der Waals surface area (Å²) < 4.78 is 10.6. The van der Waals surface area contributed by atoms with Crippen LogP contribution in [0.3, 0.4) is 0 Å². The zero-order valence-corrected chi connectivity index (χ0v) is 12.7. The van der Waals surface area contributed by atoms with Gasteiger partial charge in [-0.3, -0.25) is 10.1 Å². The Labute approximate surface area is 134 Å². The number of benzene rings is 1. The molecule has 0 amide bonds. The van der Waals surface area contributed by atoms with Crippen LogP contribution >= 0.6 is 11.8 Å². The molecule has 0 aliphatic heterocycles. The van der Waals surface area contributed by atoms with Gasteiger partial charge in [-0.1, -0.05) is 0 Å². The number of nitro groups is 1. The Balaban J connectivity index is 1.83. The van der Waals surface area contributed by atoms with Crippen molar-refractivity contribution in [1.82, 2.24) is 15.2 Å². The van der Waals surface area contributed by atoms with Crippen LogP contribution in [-0.4, -0.2) is 27.2 Å². The molecule has 2 aromatic heterocycles. The predicted octanol–water partition coefficient (Wildman–Crippen LogP) is 3.20. The van der Waals surface area contributed by atoms with Gasteiger partial charge in [-0.25, -0.2) is 4.98 Å². The van der Waals surface area contributed by atoms with Crippen LogP contribution in [0.5, 0.6) is 5.75 Å². The molecule has 0 aliphatic rings. The summed E-state index contributed by atoms with van der Waals surface area (Å²) in [5, 5.41) is 19.2. The lowest BCUT2D eigenvalue weighted by atomic mass is 10.2. The molecule has 3 rings (SSSR count). The minimum absolute atomic E-state index is 0.110. The number of methoxy groups -OCH3 is 1. The second-order valence-corrected chi connectivity index (χ2v) is 5.23. The van der Waals surface area contributed by atoms with E-state index in [-0.39, 0.29) is 15.9 Å². The maximum absolute atomic E-state index is 11.0. The van der Waals surface area contributed by atoms with Crippen LogP contribution in [-0.2, 0) is 0 Å². The largest absolute Gasteiger partial charge is 0.497 e. The molecule has 0 saturated carbocycles. The van der Waals surface area contributed by atoms with E-state index >= 15 is 0 Å². The van der Waals surface area contributed by atoms with Crippen LogP contribution in [0, 0.1) is 10.1 Å². The average molecular weight is 330 g/mol.